The largest absolute Gasteiger partial charge is 0.416 e. The number of benzene rings is 2. The third-order valence-corrected chi connectivity index (χ3v) is 3.26. The Morgan fingerprint density at radius 2 is 1.58 bits per heavy atom. The van der Waals surface area contributed by atoms with Crippen molar-refractivity contribution in [3.8, 4) is 0 Å². The smallest absolute Gasteiger partial charge is 0.322 e. The standard InChI is InChI=1S/C15H12F3NO.C4H10/c1-10-5-7-13(8-6-10)19-14(20)11-3-2-4-12(9-11)15(16,17)18;1-3-4-2/h2-9H,1H3,(H,19,20);3-4H2,1-2H3. The van der Waals surface area contributed by atoms with Crippen molar-refractivity contribution in [1.82, 2.24) is 0 Å². The molecule has 0 spiro atoms. The molecule has 5 heteroatoms. The molecule has 0 unspecified atom stereocenters. The zero-order valence-electron chi connectivity index (χ0n) is 14.1. The molecule has 0 aromatic heterocycles. The summed E-state index contributed by atoms with van der Waals surface area (Å²) in [5.74, 6) is -0.569. The summed E-state index contributed by atoms with van der Waals surface area (Å²) in [4.78, 5) is 11.9. The minimum absolute atomic E-state index is 0.0274. The molecular weight excluding hydrogens is 315 g/mol. The quantitative estimate of drug-likeness (QED) is 0.723. The highest BCUT2D eigenvalue weighted by Gasteiger charge is 2.30. The second-order valence-corrected chi connectivity index (χ2v) is 5.40. The van der Waals surface area contributed by atoms with Gasteiger partial charge in [-0.05, 0) is 37.3 Å². The molecule has 0 radical (unpaired) electrons. The van der Waals surface area contributed by atoms with E-state index >= 15 is 0 Å². The first-order valence-electron chi connectivity index (χ1n) is 7.83. The van der Waals surface area contributed by atoms with Crippen molar-refractivity contribution in [3.05, 3.63) is 65.2 Å². The molecule has 0 aliphatic rings. The average Bonchev–Trinajstić information content (AvgIpc) is 2.56. The normalized spacial score (nSPS) is 10.6. The predicted octanol–water partition coefficient (Wildman–Crippen LogP) is 6.07. The molecule has 2 aromatic rings. The van der Waals surface area contributed by atoms with E-state index in [-0.39, 0.29) is 5.56 Å². The van der Waals surface area contributed by atoms with Gasteiger partial charge in [0.1, 0.15) is 0 Å². The van der Waals surface area contributed by atoms with Gasteiger partial charge in [0.15, 0.2) is 0 Å². The Morgan fingerprint density at radius 1 is 1.00 bits per heavy atom. The van der Waals surface area contributed by atoms with Gasteiger partial charge in [0.2, 0.25) is 0 Å². The molecule has 0 bridgehead atoms. The van der Waals surface area contributed by atoms with Crippen LogP contribution in [0.5, 0.6) is 0 Å². The van der Waals surface area contributed by atoms with Crippen LogP contribution in [0.15, 0.2) is 48.5 Å². The molecule has 24 heavy (non-hydrogen) atoms. The second-order valence-electron chi connectivity index (χ2n) is 5.40. The van der Waals surface area contributed by atoms with Crippen LogP contribution < -0.4 is 5.32 Å². The Morgan fingerprint density at radius 3 is 2.08 bits per heavy atom. The number of rotatable bonds is 3. The Hall–Kier alpha value is -2.30. The molecule has 0 heterocycles. The van der Waals surface area contributed by atoms with E-state index in [1.807, 2.05) is 19.1 Å². The van der Waals surface area contributed by atoms with Gasteiger partial charge in [-0.15, -0.1) is 0 Å². The average molecular weight is 337 g/mol. The third kappa shape index (κ3) is 6.44. The molecule has 2 rings (SSSR count). The van der Waals surface area contributed by atoms with Gasteiger partial charge >= 0.3 is 6.18 Å². The van der Waals surface area contributed by atoms with Crippen LogP contribution in [0.1, 0.15) is 48.2 Å². The van der Waals surface area contributed by atoms with Crippen LogP contribution in [0.25, 0.3) is 0 Å². The number of halogens is 3. The fraction of sp³-hybridized carbons (Fsp3) is 0.316. The maximum Gasteiger partial charge on any atom is 0.416 e. The number of carbonyl (C=O) groups is 1. The highest BCUT2D eigenvalue weighted by atomic mass is 19.4. The van der Waals surface area contributed by atoms with E-state index in [1.54, 1.807) is 12.1 Å². The summed E-state index contributed by atoms with van der Waals surface area (Å²) in [6, 6.07) is 11.3. The van der Waals surface area contributed by atoms with Gasteiger partial charge in [-0.2, -0.15) is 13.2 Å². The van der Waals surface area contributed by atoms with E-state index in [2.05, 4.69) is 19.2 Å². The topological polar surface area (TPSA) is 29.1 Å². The van der Waals surface area contributed by atoms with E-state index in [4.69, 9.17) is 0 Å². The zero-order valence-corrected chi connectivity index (χ0v) is 14.1. The number of anilines is 1. The number of hydrogen-bond acceptors (Lipinski definition) is 1. The minimum Gasteiger partial charge on any atom is -0.322 e. The molecule has 0 saturated carbocycles. The zero-order chi connectivity index (χ0) is 18.2. The number of nitrogens with one attached hydrogen (secondary N) is 1. The molecule has 0 aliphatic heterocycles. The predicted molar refractivity (Wildman–Crippen MR) is 91.2 cm³/mol. The van der Waals surface area contributed by atoms with Crippen molar-refractivity contribution in [1.29, 1.82) is 0 Å². The molecule has 1 N–H and O–H groups in total. The van der Waals surface area contributed by atoms with Crippen molar-refractivity contribution < 1.29 is 18.0 Å². The van der Waals surface area contributed by atoms with Gasteiger partial charge in [-0.1, -0.05) is 50.5 Å². The van der Waals surface area contributed by atoms with E-state index in [0.29, 0.717) is 5.69 Å². The van der Waals surface area contributed by atoms with Gasteiger partial charge in [0, 0.05) is 11.3 Å². The molecule has 0 aliphatic carbocycles. The minimum atomic E-state index is -4.46. The van der Waals surface area contributed by atoms with Crippen molar-refractivity contribution in [2.75, 3.05) is 5.32 Å². The van der Waals surface area contributed by atoms with Gasteiger partial charge < -0.3 is 5.32 Å². The van der Waals surface area contributed by atoms with Gasteiger partial charge in [-0.3, -0.25) is 4.79 Å². The van der Waals surface area contributed by atoms with Crippen LogP contribution in [0.4, 0.5) is 18.9 Å². The lowest BCUT2D eigenvalue weighted by atomic mass is 10.1. The van der Waals surface area contributed by atoms with Gasteiger partial charge in [-0.25, -0.2) is 0 Å². The monoisotopic (exact) mass is 337 g/mol. The first-order chi connectivity index (χ1) is 11.3. The highest BCUT2D eigenvalue weighted by Crippen LogP contribution is 2.29. The highest BCUT2D eigenvalue weighted by molar-refractivity contribution is 6.04. The van der Waals surface area contributed by atoms with Gasteiger partial charge in [0.05, 0.1) is 5.56 Å². The Labute approximate surface area is 140 Å². The number of unbranched alkanes of at least 4 members (excludes halogenated alkanes) is 1. The van der Waals surface area contributed by atoms with E-state index in [9.17, 15) is 18.0 Å². The summed E-state index contributed by atoms with van der Waals surface area (Å²) < 4.78 is 37.7. The molecule has 0 atom stereocenters. The second kappa shape index (κ2) is 9.11. The third-order valence-electron chi connectivity index (χ3n) is 3.26. The number of carbonyl (C=O) groups excluding carboxylic acids is 1. The molecule has 2 aromatic carbocycles. The first kappa shape index (κ1) is 19.7. The maximum atomic E-state index is 12.6. The lowest BCUT2D eigenvalue weighted by Crippen LogP contribution is -2.13. The fourth-order valence-electron chi connectivity index (χ4n) is 1.68. The fourth-order valence-corrected chi connectivity index (χ4v) is 1.68. The summed E-state index contributed by atoms with van der Waals surface area (Å²) in [5.41, 5.74) is 0.703. The summed E-state index contributed by atoms with van der Waals surface area (Å²) in [7, 11) is 0. The van der Waals surface area contributed by atoms with Crippen molar-refractivity contribution in [2.45, 2.75) is 39.8 Å². The molecule has 130 valence electrons. The summed E-state index contributed by atoms with van der Waals surface area (Å²) in [6.45, 7) is 6.26. The van der Waals surface area contributed by atoms with Gasteiger partial charge in [0.25, 0.3) is 5.91 Å². The summed E-state index contributed by atoms with van der Waals surface area (Å²) >= 11 is 0. The Balaban J connectivity index is 0.000000648. The Kier molecular flexibility index (Phi) is 7.49. The SMILES string of the molecule is CCCC.Cc1ccc(NC(=O)c2cccc(C(F)(F)F)c2)cc1. The molecule has 0 fully saturated rings. The number of amides is 1. The molecule has 1 amide bonds. The van der Waals surface area contributed by atoms with Crippen molar-refractivity contribution in [3.63, 3.8) is 0 Å². The number of hydrogen-bond donors (Lipinski definition) is 1. The van der Waals surface area contributed by atoms with Crippen LogP contribution in [0.2, 0.25) is 0 Å². The lowest BCUT2D eigenvalue weighted by molar-refractivity contribution is -0.137. The van der Waals surface area contributed by atoms with Crippen LogP contribution in [-0.4, -0.2) is 5.91 Å². The van der Waals surface area contributed by atoms with Crippen LogP contribution in [0, 0.1) is 6.92 Å². The molecular formula is C19H22F3NO. The first-order valence-corrected chi connectivity index (χ1v) is 7.83. The Bertz CT molecular complexity index is 646. The van der Waals surface area contributed by atoms with E-state index in [1.165, 1.54) is 25.0 Å². The van der Waals surface area contributed by atoms with E-state index < -0.39 is 17.6 Å². The summed E-state index contributed by atoms with van der Waals surface area (Å²) in [6.07, 6.45) is -1.82. The maximum absolute atomic E-state index is 12.6. The van der Waals surface area contributed by atoms with Crippen LogP contribution in [0.3, 0.4) is 0 Å². The molecule has 2 nitrogen and oxygen atoms in total. The van der Waals surface area contributed by atoms with Crippen LogP contribution in [-0.2, 0) is 6.18 Å². The lowest BCUT2D eigenvalue weighted by Gasteiger charge is -2.09. The van der Waals surface area contributed by atoms with E-state index in [0.717, 1.165) is 17.7 Å². The van der Waals surface area contributed by atoms with Crippen LogP contribution >= 0.6 is 0 Å². The summed E-state index contributed by atoms with van der Waals surface area (Å²) in [5, 5.41) is 2.56. The number of aryl methyl sites for hydroxylation is 1. The van der Waals surface area contributed by atoms with Crippen molar-refractivity contribution >= 4 is 11.6 Å². The number of alkyl halides is 3. The van der Waals surface area contributed by atoms with Crippen molar-refractivity contribution in [2.24, 2.45) is 0 Å². The molecule has 0 saturated heterocycles.